The summed E-state index contributed by atoms with van der Waals surface area (Å²) in [6, 6.07) is 8.67. The summed E-state index contributed by atoms with van der Waals surface area (Å²) in [5, 5.41) is 0.902. The van der Waals surface area contributed by atoms with Gasteiger partial charge in [-0.05, 0) is 44.5 Å². The molecule has 0 saturated carbocycles. The van der Waals surface area contributed by atoms with Crippen LogP contribution in [0.4, 0.5) is 0 Å². The summed E-state index contributed by atoms with van der Waals surface area (Å²) < 4.78 is 0. The molecule has 1 saturated heterocycles. The van der Waals surface area contributed by atoms with Crippen LogP contribution in [-0.4, -0.2) is 18.0 Å². The van der Waals surface area contributed by atoms with Crippen LogP contribution in [0.3, 0.4) is 0 Å². The molecule has 1 fully saturated rings. The quantitative estimate of drug-likeness (QED) is 0.742. The van der Waals surface area contributed by atoms with Crippen LogP contribution in [0.2, 0.25) is 5.02 Å². The van der Waals surface area contributed by atoms with E-state index in [4.69, 9.17) is 11.6 Å². The molecule has 0 spiro atoms. The van der Waals surface area contributed by atoms with Crippen LogP contribution in [-0.2, 0) is 0 Å². The fraction of sp³-hybridized carbons (Fsp3) is 0.571. The Bertz CT molecular complexity index is 329. The van der Waals surface area contributed by atoms with Gasteiger partial charge in [0.05, 0.1) is 0 Å². The fourth-order valence-electron chi connectivity index (χ4n) is 2.49. The van der Waals surface area contributed by atoms with Crippen LogP contribution >= 0.6 is 11.6 Å². The van der Waals surface area contributed by atoms with E-state index < -0.39 is 0 Å². The molecule has 88 valence electrons. The summed E-state index contributed by atoms with van der Waals surface area (Å²) >= 11 is 6.25. The molecule has 0 N–H and O–H groups in total. The van der Waals surface area contributed by atoms with Gasteiger partial charge in [-0.2, -0.15) is 0 Å². The Hall–Kier alpha value is -0.530. The Morgan fingerprint density at radius 2 is 1.69 bits per heavy atom. The maximum absolute atomic E-state index is 6.25. The van der Waals surface area contributed by atoms with Crippen LogP contribution in [0.25, 0.3) is 0 Å². The van der Waals surface area contributed by atoms with E-state index in [2.05, 4.69) is 24.0 Å². The van der Waals surface area contributed by atoms with E-state index in [0.29, 0.717) is 6.04 Å². The summed E-state index contributed by atoms with van der Waals surface area (Å²) in [4.78, 5) is 2.56. The molecule has 2 rings (SSSR count). The minimum atomic E-state index is 0.451. The van der Waals surface area contributed by atoms with E-state index in [9.17, 15) is 0 Å². The molecule has 1 aliphatic rings. The number of hydrogen-bond donors (Lipinski definition) is 0. The van der Waals surface area contributed by atoms with E-state index in [1.807, 2.05) is 12.1 Å². The molecule has 1 heterocycles. The third kappa shape index (κ3) is 2.78. The second kappa shape index (κ2) is 5.70. The molecule has 1 nitrogen and oxygen atoms in total. The average Bonchev–Trinajstić information content (AvgIpc) is 2.57. The van der Waals surface area contributed by atoms with Gasteiger partial charge < -0.3 is 0 Å². The van der Waals surface area contributed by atoms with Crippen LogP contribution in [0.15, 0.2) is 24.3 Å². The van der Waals surface area contributed by atoms with Gasteiger partial charge in [0, 0.05) is 11.1 Å². The van der Waals surface area contributed by atoms with E-state index in [-0.39, 0.29) is 0 Å². The highest BCUT2D eigenvalue weighted by atomic mass is 35.5. The summed E-state index contributed by atoms with van der Waals surface area (Å²) in [6.07, 6.45) is 5.42. The molecule has 0 bridgehead atoms. The Balaban J connectivity index is 2.11. The second-order valence-corrected chi connectivity index (χ2v) is 5.05. The predicted molar refractivity (Wildman–Crippen MR) is 69.9 cm³/mol. The average molecular weight is 238 g/mol. The second-order valence-electron chi connectivity index (χ2n) is 4.65. The molecule has 1 aliphatic heterocycles. The maximum atomic E-state index is 6.25. The zero-order chi connectivity index (χ0) is 11.4. The summed E-state index contributed by atoms with van der Waals surface area (Å²) in [5.74, 6) is 0. The Morgan fingerprint density at radius 3 is 2.31 bits per heavy atom. The van der Waals surface area contributed by atoms with Gasteiger partial charge in [-0.1, -0.05) is 42.6 Å². The Morgan fingerprint density at radius 1 is 1.06 bits per heavy atom. The Labute approximate surface area is 103 Å². The van der Waals surface area contributed by atoms with Gasteiger partial charge in [-0.15, -0.1) is 0 Å². The SMILES string of the molecule is CC(c1ccccc1Cl)N1CCCCCC1. The largest absolute Gasteiger partial charge is 0.297 e. The van der Waals surface area contributed by atoms with Crippen molar-refractivity contribution in [2.24, 2.45) is 0 Å². The van der Waals surface area contributed by atoms with Crippen molar-refractivity contribution in [1.82, 2.24) is 4.90 Å². The van der Waals surface area contributed by atoms with Gasteiger partial charge in [0.25, 0.3) is 0 Å². The van der Waals surface area contributed by atoms with Gasteiger partial charge in [0.15, 0.2) is 0 Å². The molecule has 0 amide bonds. The molecule has 1 unspecified atom stereocenters. The third-order valence-electron chi connectivity index (χ3n) is 3.54. The number of rotatable bonds is 2. The first-order valence-corrected chi connectivity index (χ1v) is 6.65. The highest BCUT2D eigenvalue weighted by Gasteiger charge is 2.18. The van der Waals surface area contributed by atoms with Gasteiger partial charge in [0.2, 0.25) is 0 Å². The zero-order valence-electron chi connectivity index (χ0n) is 9.95. The van der Waals surface area contributed by atoms with Gasteiger partial charge >= 0.3 is 0 Å². The standard InChI is InChI=1S/C14H20ClN/c1-12(13-8-4-5-9-14(13)15)16-10-6-2-3-7-11-16/h4-5,8-9,12H,2-3,6-7,10-11H2,1H3. The molecule has 1 atom stereocenters. The first kappa shape index (κ1) is 11.9. The van der Waals surface area contributed by atoms with E-state index in [1.54, 1.807) is 0 Å². The van der Waals surface area contributed by atoms with Crippen LogP contribution in [0.1, 0.15) is 44.2 Å². The normalized spacial score (nSPS) is 20.4. The van der Waals surface area contributed by atoms with Gasteiger partial charge in [-0.25, -0.2) is 0 Å². The number of nitrogens with zero attached hydrogens (tertiary/aromatic N) is 1. The van der Waals surface area contributed by atoms with E-state index >= 15 is 0 Å². The van der Waals surface area contributed by atoms with Crippen molar-refractivity contribution in [3.63, 3.8) is 0 Å². The molecule has 0 aliphatic carbocycles. The van der Waals surface area contributed by atoms with Crippen molar-refractivity contribution in [3.8, 4) is 0 Å². The lowest BCUT2D eigenvalue weighted by atomic mass is 10.1. The van der Waals surface area contributed by atoms with Crippen molar-refractivity contribution in [2.45, 2.75) is 38.6 Å². The molecular formula is C14H20ClN. The minimum absolute atomic E-state index is 0.451. The lowest BCUT2D eigenvalue weighted by Crippen LogP contribution is -2.28. The summed E-state index contributed by atoms with van der Waals surface area (Å²) in [7, 11) is 0. The molecule has 16 heavy (non-hydrogen) atoms. The van der Waals surface area contributed by atoms with Crippen molar-refractivity contribution in [3.05, 3.63) is 34.9 Å². The van der Waals surface area contributed by atoms with Crippen molar-refractivity contribution >= 4 is 11.6 Å². The van der Waals surface area contributed by atoms with E-state index in [1.165, 1.54) is 44.3 Å². The predicted octanol–water partition coefficient (Wildman–Crippen LogP) is 4.28. The molecule has 2 heteroatoms. The van der Waals surface area contributed by atoms with Crippen LogP contribution < -0.4 is 0 Å². The van der Waals surface area contributed by atoms with Gasteiger partial charge in [-0.3, -0.25) is 4.90 Å². The molecule has 1 aromatic carbocycles. The lowest BCUT2D eigenvalue weighted by molar-refractivity contribution is 0.219. The third-order valence-corrected chi connectivity index (χ3v) is 3.89. The number of halogens is 1. The fourth-order valence-corrected chi connectivity index (χ4v) is 2.79. The van der Waals surface area contributed by atoms with Gasteiger partial charge in [0.1, 0.15) is 0 Å². The molecule has 1 aromatic rings. The first-order valence-electron chi connectivity index (χ1n) is 6.27. The minimum Gasteiger partial charge on any atom is -0.297 e. The molecule has 0 radical (unpaired) electrons. The Kier molecular flexibility index (Phi) is 4.25. The first-order chi connectivity index (χ1) is 7.79. The number of benzene rings is 1. The number of likely N-dealkylation sites (tertiary alicyclic amines) is 1. The van der Waals surface area contributed by atoms with Crippen LogP contribution in [0.5, 0.6) is 0 Å². The highest BCUT2D eigenvalue weighted by molar-refractivity contribution is 6.31. The maximum Gasteiger partial charge on any atom is 0.0453 e. The van der Waals surface area contributed by atoms with Crippen LogP contribution in [0, 0.1) is 0 Å². The molecule has 0 aromatic heterocycles. The monoisotopic (exact) mass is 237 g/mol. The number of hydrogen-bond acceptors (Lipinski definition) is 1. The smallest absolute Gasteiger partial charge is 0.0453 e. The zero-order valence-corrected chi connectivity index (χ0v) is 10.7. The topological polar surface area (TPSA) is 3.24 Å². The lowest BCUT2D eigenvalue weighted by Gasteiger charge is -2.28. The highest BCUT2D eigenvalue weighted by Crippen LogP contribution is 2.28. The van der Waals surface area contributed by atoms with Crippen molar-refractivity contribution in [1.29, 1.82) is 0 Å². The van der Waals surface area contributed by atoms with Crippen molar-refractivity contribution in [2.75, 3.05) is 13.1 Å². The van der Waals surface area contributed by atoms with Crippen molar-refractivity contribution < 1.29 is 0 Å². The summed E-state index contributed by atoms with van der Waals surface area (Å²) in [6.45, 7) is 4.70. The summed E-state index contributed by atoms with van der Waals surface area (Å²) in [5.41, 5.74) is 1.27. The van der Waals surface area contributed by atoms with E-state index in [0.717, 1.165) is 5.02 Å². The molecular weight excluding hydrogens is 218 g/mol.